The van der Waals surface area contributed by atoms with Gasteiger partial charge in [0, 0.05) is 17.0 Å². The van der Waals surface area contributed by atoms with E-state index in [9.17, 15) is 5.11 Å². The fourth-order valence-corrected chi connectivity index (χ4v) is 2.02. The molecule has 0 fully saturated rings. The summed E-state index contributed by atoms with van der Waals surface area (Å²) >= 11 is 1.77. The maximum absolute atomic E-state index is 9.22. The van der Waals surface area contributed by atoms with E-state index in [2.05, 4.69) is 37.5 Å². The second kappa shape index (κ2) is 4.91. The topological polar surface area (TPSA) is 32.3 Å². The highest BCUT2D eigenvalue weighted by atomic mass is 32.1. The molecule has 0 amide bonds. The lowest BCUT2D eigenvalue weighted by Gasteiger charge is -2.27. The van der Waals surface area contributed by atoms with E-state index in [1.807, 2.05) is 0 Å². The third-order valence-corrected chi connectivity index (χ3v) is 3.80. The van der Waals surface area contributed by atoms with E-state index >= 15 is 0 Å². The molecule has 0 spiro atoms. The van der Waals surface area contributed by atoms with Crippen molar-refractivity contribution in [1.82, 2.24) is 5.32 Å². The van der Waals surface area contributed by atoms with Crippen LogP contribution in [0.5, 0.6) is 0 Å². The molecule has 0 aliphatic heterocycles. The molecule has 0 aliphatic rings. The summed E-state index contributed by atoms with van der Waals surface area (Å²) in [7, 11) is 0. The zero-order valence-electron chi connectivity index (χ0n) is 9.13. The molecule has 0 saturated heterocycles. The summed E-state index contributed by atoms with van der Waals surface area (Å²) < 4.78 is 0. The normalized spacial score (nSPS) is 15.4. The van der Waals surface area contributed by atoms with Gasteiger partial charge in [-0.3, -0.25) is 0 Å². The Labute approximate surface area is 90.0 Å². The van der Waals surface area contributed by atoms with Crippen LogP contribution in [0.2, 0.25) is 0 Å². The van der Waals surface area contributed by atoms with Gasteiger partial charge in [0.15, 0.2) is 0 Å². The van der Waals surface area contributed by atoms with Crippen LogP contribution in [-0.2, 0) is 6.54 Å². The van der Waals surface area contributed by atoms with Gasteiger partial charge in [0.2, 0.25) is 0 Å². The van der Waals surface area contributed by atoms with Gasteiger partial charge in [0.25, 0.3) is 0 Å². The van der Waals surface area contributed by atoms with Crippen LogP contribution in [0, 0.1) is 6.92 Å². The fourth-order valence-electron chi connectivity index (χ4n) is 1.17. The number of aryl methyl sites for hydroxylation is 1. The number of aliphatic hydroxyl groups excluding tert-OH is 1. The van der Waals surface area contributed by atoms with Crippen molar-refractivity contribution in [3.05, 3.63) is 21.9 Å². The molecule has 0 radical (unpaired) electrons. The Morgan fingerprint density at radius 2 is 2.29 bits per heavy atom. The maximum atomic E-state index is 9.22. The molecule has 2 N–H and O–H groups in total. The van der Waals surface area contributed by atoms with Crippen molar-refractivity contribution in [1.29, 1.82) is 0 Å². The molecule has 1 aromatic rings. The highest BCUT2D eigenvalue weighted by Crippen LogP contribution is 2.17. The highest BCUT2D eigenvalue weighted by molar-refractivity contribution is 7.10. The number of thiophene rings is 1. The molecule has 0 bridgehead atoms. The number of hydrogen-bond donors (Lipinski definition) is 2. The van der Waals surface area contributed by atoms with E-state index in [0.717, 1.165) is 13.0 Å². The van der Waals surface area contributed by atoms with Crippen LogP contribution < -0.4 is 5.32 Å². The molecule has 80 valence electrons. The highest BCUT2D eigenvalue weighted by Gasteiger charge is 2.19. The van der Waals surface area contributed by atoms with Crippen LogP contribution in [0.1, 0.15) is 30.7 Å². The predicted molar refractivity (Wildman–Crippen MR) is 61.7 cm³/mol. The summed E-state index contributed by atoms with van der Waals surface area (Å²) in [6.45, 7) is 7.30. The molecule has 1 unspecified atom stereocenters. The van der Waals surface area contributed by atoms with E-state index in [1.54, 1.807) is 11.3 Å². The van der Waals surface area contributed by atoms with Gasteiger partial charge in [-0.05, 0) is 37.3 Å². The largest absolute Gasteiger partial charge is 0.394 e. The Morgan fingerprint density at radius 3 is 2.71 bits per heavy atom. The summed E-state index contributed by atoms with van der Waals surface area (Å²) in [5, 5.41) is 14.7. The Morgan fingerprint density at radius 1 is 1.57 bits per heavy atom. The van der Waals surface area contributed by atoms with E-state index < -0.39 is 0 Å². The summed E-state index contributed by atoms with van der Waals surface area (Å²) in [6, 6.07) is 2.13. The van der Waals surface area contributed by atoms with Crippen molar-refractivity contribution in [2.24, 2.45) is 0 Å². The second-order valence-corrected chi connectivity index (χ2v) is 4.95. The van der Waals surface area contributed by atoms with E-state index in [0.29, 0.717) is 0 Å². The van der Waals surface area contributed by atoms with Crippen molar-refractivity contribution in [2.45, 2.75) is 39.3 Å². The zero-order chi connectivity index (χ0) is 10.6. The molecule has 1 rings (SSSR count). The minimum Gasteiger partial charge on any atom is -0.394 e. The molecule has 0 aliphatic carbocycles. The molecular formula is C11H19NOS. The molecule has 2 nitrogen and oxygen atoms in total. The lowest BCUT2D eigenvalue weighted by molar-refractivity contribution is 0.169. The quantitative estimate of drug-likeness (QED) is 0.786. The first-order chi connectivity index (χ1) is 6.61. The number of rotatable bonds is 5. The summed E-state index contributed by atoms with van der Waals surface area (Å²) in [5.41, 5.74) is 1.19. The van der Waals surface area contributed by atoms with Gasteiger partial charge < -0.3 is 10.4 Å². The van der Waals surface area contributed by atoms with Crippen LogP contribution in [0.4, 0.5) is 0 Å². The number of hydrogen-bond acceptors (Lipinski definition) is 3. The lowest BCUT2D eigenvalue weighted by Crippen LogP contribution is -2.44. The van der Waals surface area contributed by atoms with Gasteiger partial charge in [0.05, 0.1) is 6.61 Å². The molecular weight excluding hydrogens is 194 g/mol. The van der Waals surface area contributed by atoms with Crippen LogP contribution in [0.25, 0.3) is 0 Å². The van der Waals surface area contributed by atoms with Gasteiger partial charge in [-0.25, -0.2) is 0 Å². The van der Waals surface area contributed by atoms with E-state index in [-0.39, 0.29) is 12.1 Å². The standard InChI is InChI=1S/C11H19NOS/c1-4-11(3,8-13)12-7-10-9(2)5-6-14-10/h5-6,12-13H,4,7-8H2,1-3H3. The Hall–Kier alpha value is -0.380. The third-order valence-electron chi connectivity index (χ3n) is 2.77. The molecule has 3 heteroatoms. The van der Waals surface area contributed by atoms with Crippen molar-refractivity contribution >= 4 is 11.3 Å². The fraction of sp³-hybridized carbons (Fsp3) is 0.636. The molecule has 14 heavy (non-hydrogen) atoms. The van der Waals surface area contributed by atoms with Crippen molar-refractivity contribution in [3.63, 3.8) is 0 Å². The molecule has 0 aromatic carbocycles. The summed E-state index contributed by atoms with van der Waals surface area (Å²) in [5.74, 6) is 0. The van der Waals surface area contributed by atoms with E-state index in [4.69, 9.17) is 0 Å². The van der Waals surface area contributed by atoms with Gasteiger partial charge in [-0.1, -0.05) is 6.92 Å². The SMILES string of the molecule is CCC(C)(CO)NCc1sccc1C. The zero-order valence-corrected chi connectivity index (χ0v) is 9.95. The smallest absolute Gasteiger partial charge is 0.0610 e. The minimum atomic E-state index is -0.142. The van der Waals surface area contributed by atoms with Gasteiger partial charge >= 0.3 is 0 Å². The Kier molecular flexibility index (Phi) is 4.11. The first kappa shape index (κ1) is 11.7. The molecule has 1 atom stereocenters. The lowest BCUT2D eigenvalue weighted by atomic mass is 10.0. The second-order valence-electron chi connectivity index (χ2n) is 3.95. The average molecular weight is 213 g/mol. The molecule has 1 heterocycles. The number of nitrogens with one attached hydrogen (secondary N) is 1. The van der Waals surface area contributed by atoms with Crippen LogP contribution >= 0.6 is 11.3 Å². The minimum absolute atomic E-state index is 0.142. The van der Waals surface area contributed by atoms with Gasteiger partial charge in [-0.2, -0.15) is 0 Å². The van der Waals surface area contributed by atoms with Crippen molar-refractivity contribution < 1.29 is 5.11 Å². The van der Waals surface area contributed by atoms with Crippen LogP contribution in [0.15, 0.2) is 11.4 Å². The Balaban J connectivity index is 2.52. The average Bonchev–Trinajstić information content (AvgIpc) is 2.61. The number of aliphatic hydroxyl groups is 1. The van der Waals surface area contributed by atoms with Crippen LogP contribution in [-0.4, -0.2) is 17.3 Å². The van der Waals surface area contributed by atoms with Crippen molar-refractivity contribution in [3.8, 4) is 0 Å². The maximum Gasteiger partial charge on any atom is 0.0610 e. The third kappa shape index (κ3) is 2.80. The monoisotopic (exact) mass is 213 g/mol. The van der Waals surface area contributed by atoms with Gasteiger partial charge in [0.1, 0.15) is 0 Å². The Bertz CT molecular complexity index is 279. The predicted octanol–water partition coefficient (Wildman–Crippen LogP) is 2.31. The van der Waals surface area contributed by atoms with Crippen LogP contribution in [0.3, 0.4) is 0 Å². The van der Waals surface area contributed by atoms with E-state index in [1.165, 1.54) is 10.4 Å². The molecule has 1 aromatic heterocycles. The van der Waals surface area contributed by atoms with Gasteiger partial charge in [-0.15, -0.1) is 11.3 Å². The first-order valence-electron chi connectivity index (χ1n) is 5.00. The van der Waals surface area contributed by atoms with Crippen molar-refractivity contribution in [2.75, 3.05) is 6.61 Å². The summed E-state index contributed by atoms with van der Waals surface area (Å²) in [6.07, 6.45) is 0.938. The molecule has 0 saturated carbocycles. The first-order valence-corrected chi connectivity index (χ1v) is 5.88. The summed E-state index contributed by atoms with van der Waals surface area (Å²) in [4.78, 5) is 1.36.